The third kappa shape index (κ3) is 3.46. The van der Waals surface area contributed by atoms with Crippen molar-refractivity contribution in [3.8, 4) is 6.07 Å². The van der Waals surface area contributed by atoms with E-state index in [2.05, 4.69) is 62.3 Å². The molecule has 130 valence electrons. The fraction of sp³-hybridized carbons (Fsp3) is 0.409. The zero-order chi connectivity index (χ0) is 17.9. The summed E-state index contributed by atoms with van der Waals surface area (Å²) in [7, 11) is 4.21. The Morgan fingerprint density at radius 1 is 1.16 bits per heavy atom. The third-order valence-corrected chi connectivity index (χ3v) is 5.11. The van der Waals surface area contributed by atoms with Crippen molar-refractivity contribution < 1.29 is 4.74 Å². The average Bonchev–Trinajstić information content (AvgIpc) is 3.00. The molecule has 1 atom stereocenters. The van der Waals surface area contributed by atoms with E-state index in [4.69, 9.17) is 4.74 Å². The van der Waals surface area contributed by atoms with Gasteiger partial charge in [-0.2, -0.15) is 5.26 Å². The van der Waals surface area contributed by atoms with Gasteiger partial charge in [-0.05, 0) is 74.3 Å². The van der Waals surface area contributed by atoms with E-state index < -0.39 is 5.60 Å². The van der Waals surface area contributed by atoms with Crippen LogP contribution < -0.4 is 0 Å². The van der Waals surface area contributed by atoms with Crippen molar-refractivity contribution in [3.05, 3.63) is 70.3 Å². The summed E-state index contributed by atoms with van der Waals surface area (Å²) in [4.78, 5) is 2.21. The Kier molecular flexibility index (Phi) is 5.22. The van der Waals surface area contributed by atoms with Crippen LogP contribution in [0.1, 0.15) is 47.6 Å². The SMILES string of the molecule is CCc1ccc(C2(CCCN(C)C)OCc3cc(C#N)ccc32)cc1. The van der Waals surface area contributed by atoms with Gasteiger partial charge in [-0.15, -0.1) is 0 Å². The third-order valence-electron chi connectivity index (χ3n) is 5.11. The topological polar surface area (TPSA) is 36.3 Å². The van der Waals surface area contributed by atoms with E-state index in [1.807, 2.05) is 12.1 Å². The van der Waals surface area contributed by atoms with Crippen molar-refractivity contribution in [3.63, 3.8) is 0 Å². The minimum atomic E-state index is -0.397. The van der Waals surface area contributed by atoms with Gasteiger partial charge in [-0.3, -0.25) is 0 Å². The normalized spacial score (nSPS) is 19.0. The Labute approximate surface area is 150 Å². The minimum Gasteiger partial charge on any atom is -0.361 e. The first kappa shape index (κ1) is 17.7. The summed E-state index contributed by atoms with van der Waals surface area (Å²) < 4.78 is 6.42. The highest BCUT2D eigenvalue weighted by Crippen LogP contribution is 2.45. The summed E-state index contributed by atoms with van der Waals surface area (Å²) in [5.74, 6) is 0. The molecular weight excluding hydrogens is 308 g/mol. The average molecular weight is 334 g/mol. The first-order valence-electron chi connectivity index (χ1n) is 9.00. The number of hydrogen-bond acceptors (Lipinski definition) is 3. The summed E-state index contributed by atoms with van der Waals surface area (Å²) in [5.41, 5.74) is 5.22. The van der Waals surface area contributed by atoms with Crippen LogP contribution in [-0.2, 0) is 23.4 Å². The number of fused-ring (bicyclic) bond motifs is 1. The van der Waals surface area contributed by atoms with Crippen molar-refractivity contribution in [2.75, 3.05) is 20.6 Å². The molecule has 0 N–H and O–H groups in total. The van der Waals surface area contributed by atoms with Gasteiger partial charge in [0.25, 0.3) is 0 Å². The van der Waals surface area contributed by atoms with Crippen molar-refractivity contribution in [1.29, 1.82) is 5.26 Å². The van der Waals surface area contributed by atoms with Crippen LogP contribution in [0, 0.1) is 11.3 Å². The van der Waals surface area contributed by atoms with Crippen molar-refractivity contribution >= 4 is 0 Å². The van der Waals surface area contributed by atoms with Gasteiger partial charge < -0.3 is 9.64 Å². The number of rotatable bonds is 6. The summed E-state index contributed by atoms with van der Waals surface area (Å²) in [6.07, 6.45) is 3.04. The molecule has 2 aromatic carbocycles. The van der Waals surface area contributed by atoms with Crippen LogP contribution in [0.4, 0.5) is 0 Å². The van der Waals surface area contributed by atoms with Crippen LogP contribution in [0.2, 0.25) is 0 Å². The molecule has 3 rings (SSSR count). The fourth-order valence-corrected chi connectivity index (χ4v) is 3.70. The van der Waals surface area contributed by atoms with Gasteiger partial charge in [0.2, 0.25) is 0 Å². The van der Waals surface area contributed by atoms with Crippen LogP contribution in [0.3, 0.4) is 0 Å². The van der Waals surface area contributed by atoms with Gasteiger partial charge in [-0.1, -0.05) is 37.3 Å². The standard InChI is InChI=1S/C22H26N2O/c1-4-17-6-9-20(10-7-17)22(12-5-13-24(2)3)21-11-8-18(15-23)14-19(21)16-25-22/h6-11,14H,4-5,12-13,16H2,1-3H3. The summed E-state index contributed by atoms with van der Waals surface area (Å²) in [6.45, 7) is 3.78. The molecule has 3 heteroatoms. The van der Waals surface area contributed by atoms with Gasteiger partial charge in [0.15, 0.2) is 0 Å². The van der Waals surface area contributed by atoms with Gasteiger partial charge in [0.05, 0.1) is 18.2 Å². The van der Waals surface area contributed by atoms with E-state index in [-0.39, 0.29) is 0 Å². The molecule has 0 bridgehead atoms. The summed E-state index contributed by atoms with van der Waals surface area (Å²) >= 11 is 0. The molecule has 1 aliphatic rings. The van der Waals surface area contributed by atoms with Crippen molar-refractivity contribution in [2.45, 2.75) is 38.4 Å². The van der Waals surface area contributed by atoms with E-state index in [1.165, 1.54) is 16.7 Å². The lowest BCUT2D eigenvalue weighted by Crippen LogP contribution is -2.28. The second-order valence-electron chi connectivity index (χ2n) is 7.06. The van der Waals surface area contributed by atoms with Gasteiger partial charge in [0, 0.05) is 0 Å². The monoisotopic (exact) mass is 334 g/mol. The zero-order valence-electron chi connectivity index (χ0n) is 15.4. The highest BCUT2D eigenvalue weighted by molar-refractivity contribution is 5.48. The molecule has 1 aliphatic heterocycles. The molecule has 0 aromatic heterocycles. The van der Waals surface area contributed by atoms with Crippen LogP contribution >= 0.6 is 0 Å². The smallest absolute Gasteiger partial charge is 0.119 e. The fourth-order valence-electron chi connectivity index (χ4n) is 3.70. The molecule has 0 spiro atoms. The Morgan fingerprint density at radius 3 is 2.56 bits per heavy atom. The van der Waals surface area contributed by atoms with Crippen LogP contribution in [0.25, 0.3) is 0 Å². The number of aryl methyl sites for hydroxylation is 1. The Balaban J connectivity index is 2.01. The molecular formula is C22H26N2O. The number of nitriles is 1. The molecule has 0 saturated carbocycles. The quantitative estimate of drug-likeness (QED) is 0.793. The maximum atomic E-state index is 9.18. The van der Waals surface area contributed by atoms with E-state index in [0.29, 0.717) is 12.2 Å². The number of benzene rings is 2. The Bertz CT molecular complexity index is 774. The lowest BCUT2D eigenvalue weighted by Gasteiger charge is -2.31. The molecule has 3 nitrogen and oxygen atoms in total. The second-order valence-corrected chi connectivity index (χ2v) is 7.06. The van der Waals surface area contributed by atoms with Crippen LogP contribution in [0.5, 0.6) is 0 Å². The predicted octanol–water partition coefficient (Wildman–Crippen LogP) is 4.24. The van der Waals surface area contributed by atoms with E-state index in [0.717, 1.165) is 31.4 Å². The second kappa shape index (κ2) is 7.39. The lowest BCUT2D eigenvalue weighted by atomic mass is 9.81. The van der Waals surface area contributed by atoms with E-state index >= 15 is 0 Å². The van der Waals surface area contributed by atoms with Gasteiger partial charge in [0.1, 0.15) is 5.60 Å². The summed E-state index contributed by atoms with van der Waals surface area (Å²) in [5, 5.41) is 9.18. The molecule has 1 heterocycles. The number of nitrogens with zero attached hydrogens (tertiary/aromatic N) is 2. The zero-order valence-corrected chi connectivity index (χ0v) is 15.4. The van der Waals surface area contributed by atoms with E-state index in [9.17, 15) is 5.26 Å². The highest BCUT2D eigenvalue weighted by Gasteiger charge is 2.41. The molecule has 25 heavy (non-hydrogen) atoms. The Morgan fingerprint density at radius 2 is 1.92 bits per heavy atom. The van der Waals surface area contributed by atoms with E-state index in [1.54, 1.807) is 0 Å². The first-order valence-corrected chi connectivity index (χ1v) is 9.00. The number of hydrogen-bond donors (Lipinski definition) is 0. The molecule has 0 aliphatic carbocycles. The largest absolute Gasteiger partial charge is 0.361 e. The maximum Gasteiger partial charge on any atom is 0.119 e. The van der Waals surface area contributed by atoms with Gasteiger partial charge in [-0.25, -0.2) is 0 Å². The van der Waals surface area contributed by atoms with Gasteiger partial charge >= 0.3 is 0 Å². The number of ether oxygens (including phenoxy) is 1. The highest BCUT2D eigenvalue weighted by atomic mass is 16.5. The van der Waals surface area contributed by atoms with Crippen LogP contribution in [-0.4, -0.2) is 25.5 Å². The summed E-state index contributed by atoms with van der Waals surface area (Å²) in [6, 6.07) is 17.0. The Hall–Kier alpha value is -2.15. The minimum absolute atomic E-state index is 0.397. The molecule has 2 aromatic rings. The molecule has 0 radical (unpaired) electrons. The van der Waals surface area contributed by atoms with Crippen molar-refractivity contribution in [1.82, 2.24) is 4.90 Å². The first-order chi connectivity index (χ1) is 12.1. The predicted molar refractivity (Wildman–Crippen MR) is 100 cm³/mol. The lowest BCUT2D eigenvalue weighted by molar-refractivity contribution is -0.0139. The molecule has 0 fully saturated rings. The molecule has 0 saturated heterocycles. The molecule has 1 unspecified atom stereocenters. The molecule has 0 amide bonds. The maximum absolute atomic E-state index is 9.18. The van der Waals surface area contributed by atoms with Crippen molar-refractivity contribution in [2.24, 2.45) is 0 Å². The van der Waals surface area contributed by atoms with Crippen LogP contribution in [0.15, 0.2) is 42.5 Å².